The molecule has 0 amide bonds. The van der Waals surface area contributed by atoms with Gasteiger partial charge in [0.05, 0.1) is 5.38 Å². The number of aromatic nitrogens is 1. The summed E-state index contributed by atoms with van der Waals surface area (Å²) in [6.07, 6.45) is 4.19. The lowest BCUT2D eigenvalue weighted by Crippen LogP contribution is -1.94. The first-order chi connectivity index (χ1) is 7.25. The lowest BCUT2D eigenvalue weighted by atomic mass is 10.1. The van der Waals surface area contributed by atoms with Crippen molar-refractivity contribution in [1.82, 2.24) is 4.98 Å². The third-order valence-corrected chi connectivity index (χ3v) is 2.64. The fourth-order valence-corrected chi connectivity index (χ4v) is 1.77. The van der Waals surface area contributed by atoms with Crippen LogP contribution in [0.15, 0.2) is 41.1 Å². The molecule has 1 unspecified atom stereocenters. The maximum Gasteiger partial charge on any atom is 0.193 e. The number of rotatable bonds is 3. The fraction of sp³-hybridized carbons (Fsp3) is 0.182. The summed E-state index contributed by atoms with van der Waals surface area (Å²) in [5.41, 5.74) is 1.12. The highest BCUT2D eigenvalue weighted by molar-refractivity contribution is 6.29. The van der Waals surface area contributed by atoms with E-state index < -0.39 is 0 Å². The average molecular weight is 242 g/mol. The number of halogens is 2. The monoisotopic (exact) mass is 241 g/mol. The van der Waals surface area contributed by atoms with Crippen molar-refractivity contribution in [1.29, 1.82) is 0 Å². The topological polar surface area (TPSA) is 26.0 Å². The van der Waals surface area contributed by atoms with E-state index in [0.717, 1.165) is 5.56 Å². The van der Waals surface area contributed by atoms with Gasteiger partial charge < -0.3 is 4.42 Å². The molecule has 0 aliphatic heterocycles. The molecule has 0 spiro atoms. The van der Waals surface area contributed by atoms with E-state index >= 15 is 0 Å². The number of nitrogens with zero attached hydrogens (tertiary/aromatic N) is 1. The third kappa shape index (κ3) is 2.74. The highest BCUT2D eigenvalue weighted by Gasteiger charge is 2.12. The molecular weight excluding hydrogens is 233 g/mol. The zero-order valence-corrected chi connectivity index (χ0v) is 9.37. The SMILES string of the molecule is Clc1ccc(C(Cl)Cc2ccncc2)o1. The van der Waals surface area contributed by atoms with E-state index in [2.05, 4.69) is 4.98 Å². The first-order valence-corrected chi connectivity index (χ1v) is 5.35. The minimum absolute atomic E-state index is 0.195. The van der Waals surface area contributed by atoms with Crippen molar-refractivity contribution >= 4 is 23.2 Å². The van der Waals surface area contributed by atoms with E-state index in [4.69, 9.17) is 27.6 Å². The van der Waals surface area contributed by atoms with Gasteiger partial charge >= 0.3 is 0 Å². The Balaban J connectivity index is 2.07. The first-order valence-electron chi connectivity index (χ1n) is 4.54. The number of hydrogen-bond acceptors (Lipinski definition) is 2. The molecule has 2 aromatic heterocycles. The van der Waals surface area contributed by atoms with E-state index in [1.807, 2.05) is 12.1 Å². The first kappa shape index (κ1) is 10.5. The second kappa shape index (κ2) is 4.69. The summed E-state index contributed by atoms with van der Waals surface area (Å²) in [4.78, 5) is 3.94. The molecule has 0 aliphatic carbocycles. The Labute approximate surface area is 97.8 Å². The maximum atomic E-state index is 6.18. The van der Waals surface area contributed by atoms with Crippen LogP contribution in [0.3, 0.4) is 0 Å². The van der Waals surface area contributed by atoms with E-state index in [9.17, 15) is 0 Å². The quantitative estimate of drug-likeness (QED) is 0.764. The molecule has 1 atom stereocenters. The van der Waals surface area contributed by atoms with E-state index in [1.165, 1.54) is 0 Å². The van der Waals surface area contributed by atoms with Crippen LogP contribution in [-0.4, -0.2) is 4.98 Å². The summed E-state index contributed by atoms with van der Waals surface area (Å²) in [5.74, 6) is 0.693. The van der Waals surface area contributed by atoms with Crippen LogP contribution >= 0.6 is 23.2 Å². The Morgan fingerprint density at radius 2 is 1.93 bits per heavy atom. The molecule has 0 fully saturated rings. The second-order valence-electron chi connectivity index (χ2n) is 3.17. The van der Waals surface area contributed by atoms with Crippen molar-refractivity contribution in [3.63, 3.8) is 0 Å². The fourth-order valence-electron chi connectivity index (χ4n) is 1.32. The number of furan rings is 1. The number of pyridine rings is 1. The summed E-state index contributed by atoms with van der Waals surface area (Å²) >= 11 is 11.9. The minimum atomic E-state index is -0.195. The van der Waals surface area contributed by atoms with Crippen molar-refractivity contribution in [2.45, 2.75) is 11.8 Å². The summed E-state index contributed by atoms with van der Waals surface area (Å²) in [6.45, 7) is 0. The normalized spacial score (nSPS) is 12.7. The predicted molar refractivity (Wildman–Crippen MR) is 60.3 cm³/mol. The van der Waals surface area contributed by atoms with Gasteiger partial charge in [0.15, 0.2) is 5.22 Å². The zero-order chi connectivity index (χ0) is 10.7. The lowest BCUT2D eigenvalue weighted by Gasteiger charge is -2.05. The van der Waals surface area contributed by atoms with Gasteiger partial charge in [-0.05, 0) is 47.9 Å². The molecule has 0 aliphatic rings. The summed E-state index contributed by atoms with van der Waals surface area (Å²) in [6, 6.07) is 7.35. The minimum Gasteiger partial charge on any atom is -0.448 e. The van der Waals surface area contributed by atoms with Gasteiger partial charge in [-0.1, -0.05) is 0 Å². The number of hydrogen-bond donors (Lipinski definition) is 0. The smallest absolute Gasteiger partial charge is 0.193 e. The molecule has 0 saturated heterocycles. The van der Waals surface area contributed by atoms with Crippen LogP contribution < -0.4 is 0 Å². The van der Waals surface area contributed by atoms with Crippen LogP contribution in [0.4, 0.5) is 0 Å². The molecule has 2 heterocycles. The van der Waals surface area contributed by atoms with Gasteiger partial charge in [0.1, 0.15) is 5.76 Å². The molecule has 4 heteroatoms. The van der Waals surface area contributed by atoms with Crippen LogP contribution in [0.25, 0.3) is 0 Å². The molecule has 0 saturated carbocycles. The van der Waals surface area contributed by atoms with Crippen LogP contribution in [0.1, 0.15) is 16.7 Å². The van der Waals surface area contributed by atoms with Crippen molar-refractivity contribution in [3.8, 4) is 0 Å². The zero-order valence-electron chi connectivity index (χ0n) is 7.86. The van der Waals surface area contributed by atoms with Crippen LogP contribution in [0, 0.1) is 0 Å². The van der Waals surface area contributed by atoms with Gasteiger partial charge in [0, 0.05) is 12.4 Å². The predicted octanol–water partition coefficient (Wildman–Crippen LogP) is 3.85. The summed E-state index contributed by atoms with van der Waals surface area (Å²) in [5, 5.41) is 0.172. The Hall–Kier alpha value is -0.990. The maximum absolute atomic E-state index is 6.18. The van der Waals surface area contributed by atoms with Crippen molar-refractivity contribution in [2.75, 3.05) is 0 Å². The Kier molecular flexibility index (Phi) is 3.29. The highest BCUT2D eigenvalue weighted by atomic mass is 35.5. The molecule has 0 N–H and O–H groups in total. The van der Waals surface area contributed by atoms with Gasteiger partial charge in [0.2, 0.25) is 0 Å². The highest BCUT2D eigenvalue weighted by Crippen LogP contribution is 2.27. The Bertz CT molecular complexity index is 427. The molecule has 0 radical (unpaired) electrons. The van der Waals surface area contributed by atoms with Gasteiger partial charge in [-0.15, -0.1) is 11.6 Å². The molecule has 0 bridgehead atoms. The van der Waals surface area contributed by atoms with Crippen LogP contribution in [-0.2, 0) is 6.42 Å². The molecule has 78 valence electrons. The van der Waals surface area contributed by atoms with E-state index in [0.29, 0.717) is 17.4 Å². The molecule has 15 heavy (non-hydrogen) atoms. The van der Waals surface area contributed by atoms with Crippen LogP contribution in [0.5, 0.6) is 0 Å². The number of alkyl halides is 1. The standard InChI is InChI=1S/C11H9Cl2NO/c12-9(10-1-2-11(13)15-10)7-8-3-5-14-6-4-8/h1-6,9H,7H2. The van der Waals surface area contributed by atoms with Gasteiger partial charge in [-0.25, -0.2) is 0 Å². The second-order valence-corrected chi connectivity index (χ2v) is 4.07. The third-order valence-electron chi connectivity index (χ3n) is 2.07. The van der Waals surface area contributed by atoms with E-state index in [-0.39, 0.29) is 5.38 Å². The van der Waals surface area contributed by atoms with Gasteiger partial charge in [-0.3, -0.25) is 4.98 Å². The van der Waals surface area contributed by atoms with Crippen molar-refractivity contribution < 1.29 is 4.42 Å². The van der Waals surface area contributed by atoms with Crippen molar-refractivity contribution in [2.24, 2.45) is 0 Å². The van der Waals surface area contributed by atoms with E-state index in [1.54, 1.807) is 24.5 Å². The lowest BCUT2D eigenvalue weighted by molar-refractivity contribution is 0.504. The molecule has 2 nitrogen and oxygen atoms in total. The average Bonchev–Trinajstić information content (AvgIpc) is 2.66. The molecule has 2 aromatic rings. The molecule has 0 aromatic carbocycles. The summed E-state index contributed by atoms with van der Waals surface area (Å²) < 4.78 is 5.24. The van der Waals surface area contributed by atoms with Crippen molar-refractivity contribution in [3.05, 3.63) is 53.2 Å². The Morgan fingerprint density at radius 1 is 1.20 bits per heavy atom. The largest absolute Gasteiger partial charge is 0.448 e. The van der Waals surface area contributed by atoms with Gasteiger partial charge in [0.25, 0.3) is 0 Å². The Morgan fingerprint density at radius 3 is 2.53 bits per heavy atom. The molecular formula is C11H9Cl2NO. The van der Waals surface area contributed by atoms with Crippen LogP contribution in [0.2, 0.25) is 5.22 Å². The van der Waals surface area contributed by atoms with Gasteiger partial charge in [-0.2, -0.15) is 0 Å². The summed E-state index contributed by atoms with van der Waals surface area (Å²) in [7, 11) is 0. The molecule has 2 rings (SSSR count).